The number of hydrogen-bond acceptors (Lipinski definition) is 2. The number of carbonyl (C=O) groups is 1. The van der Waals surface area contributed by atoms with Gasteiger partial charge in [-0.1, -0.05) is 6.07 Å². The number of nitrogens with zero attached hydrogens (tertiary/aromatic N) is 2. The molecule has 7 heteroatoms. The summed E-state index contributed by atoms with van der Waals surface area (Å²) in [5.74, 6) is -1.31. The van der Waals surface area contributed by atoms with Gasteiger partial charge in [-0.2, -0.15) is 18.3 Å². The molecular weight excluding hydrogens is 225 g/mol. The molecule has 0 fully saturated rings. The van der Waals surface area contributed by atoms with E-state index < -0.39 is 17.8 Å². The van der Waals surface area contributed by atoms with E-state index in [0.29, 0.717) is 4.52 Å². The molecule has 2 rings (SSSR count). The highest BCUT2D eigenvalue weighted by atomic mass is 19.4. The van der Waals surface area contributed by atoms with Crippen LogP contribution >= 0.6 is 0 Å². The molecule has 0 bridgehead atoms. The van der Waals surface area contributed by atoms with Gasteiger partial charge in [-0.3, -0.25) is 0 Å². The van der Waals surface area contributed by atoms with Crippen LogP contribution in [-0.4, -0.2) is 20.7 Å². The average molecular weight is 230 g/mol. The van der Waals surface area contributed by atoms with Crippen LogP contribution in [0, 0.1) is 0 Å². The summed E-state index contributed by atoms with van der Waals surface area (Å²) in [4.78, 5) is 10.7. The zero-order valence-corrected chi connectivity index (χ0v) is 7.69. The third kappa shape index (κ3) is 1.50. The van der Waals surface area contributed by atoms with Crippen molar-refractivity contribution in [2.75, 3.05) is 0 Å². The second-order valence-corrected chi connectivity index (χ2v) is 3.07. The SMILES string of the molecule is O=C(O)c1cnn2c(C(F)(F)F)cccc12. The molecule has 0 saturated carbocycles. The van der Waals surface area contributed by atoms with Crippen LogP contribution in [0.3, 0.4) is 0 Å². The van der Waals surface area contributed by atoms with Gasteiger partial charge in [0.2, 0.25) is 0 Å². The molecule has 2 aromatic heterocycles. The Labute approximate surface area is 86.9 Å². The van der Waals surface area contributed by atoms with Crippen molar-refractivity contribution in [3.63, 3.8) is 0 Å². The van der Waals surface area contributed by atoms with Gasteiger partial charge in [0.1, 0.15) is 11.3 Å². The maximum absolute atomic E-state index is 12.5. The summed E-state index contributed by atoms with van der Waals surface area (Å²) >= 11 is 0. The molecule has 84 valence electrons. The lowest BCUT2D eigenvalue weighted by Crippen LogP contribution is -2.12. The topological polar surface area (TPSA) is 54.6 Å². The van der Waals surface area contributed by atoms with E-state index in [1.165, 1.54) is 6.07 Å². The van der Waals surface area contributed by atoms with Crippen molar-refractivity contribution in [1.29, 1.82) is 0 Å². The number of pyridine rings is 1. The molecule has 0 spiro atoms. The number of alkyl halides is 3. The first kappa shape index (κ1) is 10.5. The standard InChI is InChI=1S/C9H5F3N2O2/c10-9(11,12)7-3-1-2-6-5(8(15)16)4-13-14(6)7/h1-4H,(H,15,16). The first-order valence-electron chi connectivity index (χ1n) is 4.18. The van der Waals surface area contributed by atoms with Crippen LogP contribution in [0.5, 0.6) is 0 Å². The highest BCUT2D eigenvalue weighted by Crippen LogP contribution is 2.29. The Balaban J connectivity index is 2.77. The predicted octanol–water partition coefficient (Wildman–Crippen LogP) is 2.05. The Morgan fingerprint density at radius 1 is 1.38 bits per heavy atom. The Kier molecular flexibility index (Phi) is 2.11. The van der Waals surface area contributed by atoms with E-state index in [2.05, 4.69) is 5.10 Å². The molecule has 1 N–H and O–H groups in total. The van der Waals surface area contributed by atoms with Crippen molar-refractivity contribution in [3.8, 4) is 0 Å². The number of rotatable bonds is 1. The molecule has 0 radical (unpaired) electrons. The number of carboxylic acid groups (broad SMARTS) is 1. The monoisotopic (exact) mass is 230 g/mol. The number of carboxylic acids is 1. The Bertz CT molecular complexity index is 559. The van der Waals surface area contributed by atoms with Gasteiger partial charge in [-0.15, -0.1) is 0 Å². The fourth-order valence-electron chi connectivity index (χ4n) is 1.39. The minimum atomic E-state index is -4.57. The van der Waals surface area contributed by atoms with Gasteiger partial charge >= 0.3 is 12.1 Å². The largest absolute Gasteiger partial charge is 0.478 e. The van der Waals surface area contributed by atoms with Crippen molar-refractivity contribution >= 4 is 11.5 Å². The van der Waals surface area contributed by atoms with Gasteiger partial charge < -0.3 is 5.11 Å². The van der Waals surface area contributed by atoms with E-state index in [4.69, 9.17) is 5.11 Å². The lowest BCUT2D eigenvalue weighted by molar-refractivity contribution is -0.142. The quantitative estimate of drug-likeness (QED) is 0.815. The molecule has 0 atom stereocenters. The molecule has 0 saturated heterocycles. The highest BCUT2D eigenvalue weighted by molar-refractivity contribution is 5.95. The summed E-state index contributed by atoms with van der Waals surface area (Å²) in [5.41, 5.74) is -1.34. The Morgan fingerprint density at radius 2 is 2.06 bits per heavy atom. The minimum absolute atomic E-state index is 0.0812. The van der Waals surface area contributed by atoms with Gasteiger partial charge in [-0.05, 0) is 12.1 Å². The first-order valence-corrected chi connectivity index (χ1v) is 4.18. The smallest absolute Gasteiger partial charge is 0.433 e. The maximum Gasteiger partial charge on any atom is 0.433 e. The lowest BCUT2D eigenvalue weighted by atomic mass is 10.2. The van der Waals surface area contributed by atoms with E-state index >= 15 is 0 Å². The predicted molar refractivity (Wildman–Crippen MR) is 47.2 cm³/mol. The third-order valence-electron chi connectivity index (χ3n) is 2.06. The van der Waals surface area contributed by atoms with E-state index in [1.807, 2.05) is 0 Å². The molecular formula is C9H5F3N2O2. The first-order chi connectivity index (χ1) is 7.41. The number of aromatic nitrogens is 2. The Morgan fingerprint density at radius 3 is 2.62 bits per heavy atom. The fourth-order valence-corrected chi connectivity index (χ4v) is 1.39. The maximum atomic E-state index is 12.5. The van der Waals surface area contributed by atoms with Crippen LogP contribution in [-0.2, 0) is 6.18 Å². The molecule has 0 aromatic carbocycles. The van der Waals surface area contributed by atoms with Gasteiger partial charge in [0, 0.05) is 0 Å². The van der Waals surface area contributed by atoms with E-state index in [-0.39, 0.29) is 11.1 Å². The van der Waals surface area contributed by atoms with Crippen LogP contribution in [0.25, 0.3) is 5.52 Å². The summed E-state index contributed by atoms with van der Waals surface area (Å²) in [6, 6.07) is 3.25. The van der Waals surface area contributed by atoms with Crippen molar-refractivity contribution in [2.24, 2.45) is 0 Å². The summed E-state index contributed by atoms with van der Waals surface area (Å²) in [6.45, 7) is 0. The second kappa shape index (κ2) is 3.22. The van der Waals surface area contributed by atoms with Gasteiger partial charge in [0.15, 0.2) is 0 Å². The van der Waals surface area contributed by atoms with E-state index in [0.717, 1.165) is 18.3 Å². The molecule has 16 heavy (non-hydrogen) atoms. The molecule has 4 nitrogen and oxygen atoms in total. The summed E-state index contributed by atoms with van der Waals surface area (Å²) in [5, 5.41) is 12.2. The van der Waals surface area contributed by atoms with Crippen molar-refractivity contribution < 1.29 is 23.1 Å². The van der Waals surface area contributed by atoms with E-state index in [9.17, 15) is 18.0 Å². The molecule has 0 amide bonds. The molecule has 0 aliphatic heterocycles. The zero-order valence-electron chi connectivity index (χ0n) is 7.69. The van der Waals surface area contributed by atoms with Crippen LogP contribution in [0.15, 0.2) is 24.4 Å². The summed E-state index contributed by atoms with van der Waals surface area (Å²) < 4.78 is 38.1. The average Bonchev–Trinajstić information content (AvgIpc) is 2.58. The number of aromatic carboxylic acids is 1. The van der Waals surface area contributed by atoms with Gasteiger partial charge in [0.05, 0.1) is 11.7 Å². The lowest BCUT2D eigenvalue weighted by Gasteiger charge is -2.08. The normalized spacial score (nSPS) is 11.9. The van der Waals surface area contributed by atoms with Crippen LogP contribution < -0.4 is 0 Å². The van der Waals surface area contributed by atoms with Crippen LogP contribution in [0.4, 0.5) is 13.2 Å². The Hall–Kier alpha value is -2.05. The summed E-state index contributed by atoms with van der Waals surface area (Å²) in [7, 11) is 0. The third-order valence-corrected chi connectivity index (χ3v) is 2.06. The van der Waals surface area contributed by atoms with Crippen molar-refractivity contribution in [2.45, 2.75) is 6.18 Å². The second-order valence-electron chi connectivity index (χ2n) is 3.07. The number of hydrogen-bond donors (Lipinski definition) is 1. The molecule has 0 unspecified atom stereocenters. The fraction of sp³-hybridized carbons (Fsp3) is 0.111. The zero-order chi connectivity index (χ0) is 11.9. The van der Waals surface area contributed by atoms with Crippen molar-refractivity contribution in [1.82, 2.24) is 9.61 Å². The number of fused-ring (bicyclic) bond motifs is 1. The van der Waals surface area contributed by atoms with Gasteiger partial charge in [0.25, 0.3) is 0 Å². The van der Waals surface area contributed by atoms with E-state index in [1.54, 1.807) is 0 Å². The van der Waals surface area contributed by atoms with Crippen LogP contribution in [0.2, 0.25) is 0 Å². The van der Waals surface area contributed by atoms with Gasteiger partial charge in [-0.25, -0.2) is 9.31 Å². The number of halogens is 3. The minimum Gasteiger partial charge on any atom is -0.478 e. The molecule has 2 heterocycles. The van der Waals surface area contributed by atoms with Crippen LogP contribution in [0.1, 0.15) is 16.1 Å². The van der Waals surface area contributed by atoms with Crippen molar-refractivity contribution in [3.05, 3.63) is 35.7 Å². The molecule has 2 aromatic rings. The molecule has 0 aliphatic carbocycles. The highest BCUT2D eigenvalue weighted by Gasteiger charge is 2.34. The molecule has 0 aliphatic rings. The summed E-state index contributed by atoms with van der Waals surface area (Å²) in [6.07, 6.45) is -3.67.